The van der Waals surface area contributed by atoms with Crippen molar-refractivity contribution in [3.8, 4) is 17.2 Å². The van der Waals surface area contributed by atoms with Crippen molar-refractivity contribution >= 4 is 5.97 Å². The van der Waals surface area contributed by atoms with Gasteiger partial charge in [0, 0.05) is 0 Å². The monoisotopic (exact) mass is 302 g/mol. The molecule has 0 unspecified atom stereocenters. The highest BCUT2D eigenvalue weighted by atomic mass is 16.6. The predicted octanol–water partition coefficient (Wildman–Crippen LogP) is -0.0143. The lowest BCUT2D eigenvalue weighted by atomic mass is 10.2. The van der Waals surface area contributed by atoms with Gasteiger partial charge >= 0.3 is 5.97 Å². The molecular weight excluding hydrogens is 284 g/mol. The number of aliphatic hydroxyl groups is 1. The molecule has 8 nitrogen and oxygen atoms in total. The molecule has 118 valence electrons. The van der Waals surface area contributed by atoms with E-state index in [0.717, 1.165) is 12.1 Å². The van der Waals surface area contributed by atoms with E-state index in [1.807, 2.05) is 0 Å². The molecule has 4 N–H and O–H groups in total. The van der Waals surface area contributed by atoms with Gasteiger partial charge in [-0.2, -0.15) is 0 Å². The van der Waals surface area contributed by atoms with Gasteiger partial charge in [-0.25, -0.2) is 4.79 Å². The highest BCUT2D eigenvalue weighted by Crippen LogP contribution is 2.35. The number of ether oxygens (including phenoxy) is 3. The first kappa shape index (κ1) is 17.0. The number of phenols is 3. The summed E-state index contributed by atoms with van der Waals surface area (Å²) in [4.78, 5) is 11.6. The molecule has 0 aromatic heterocycles. The van der Waals surface area contributed by atoms with Crippen LogP contribution in [-0.2, 0) is 14.2 Å². The van der Waals surface area contributed by atoms with Crippen LogP contribution in [-0.4, -0.2) is 66.0 Å². The molecule has 0 aliphatic rings. The van der Waals surface area contributed by atoms with Crippen LogP contribution in [0.2, 0.25) is 0 Å². The van der Waals surface area contributed by atoms with Gasteiger partial charge in [0.25, 0.3) is 0 Å². The summed E-state index contributed by atoms with van der Waals surface area (Å²) in [6.45, 7) is 0.966. The minimum absolute atomic E-state index is 0.0127. The standard InChI is InChI=1S/C13H18O8/c14-1-2-19-3-4-20-5-6-21-13(18)9-7-10(15)12(17)11(16)8-9/h7-8,14-17H,1-6H2. The van der Waals surface area contributed by atoms with Gasteiger partial charge in [0.2, 0.25) is 0 Å². The summed E-state index contributed by atoms with van der Waals surface area (Å²) in [6.07, 6.45) is 0. The Bertz CT molecular complexity index is 436. The molecule has 0 heterocycles. The van der Waals surface area contributed by atoms with Gasteiger partial charge in [-0.05, 0) is 12.1 Å². The van der Waals surface area contributed by atoms with Crippen LogP contribution in [0.15, 0.2) is 12.1 Å². The topological polar surface area (TPSA) is 126 Å². The number of carbonyl (C=O) groups excluding carboxylic acids is 1. The molecular formula is C13H18O8. The zero-order valence-electron chi connectivity index (χ0n) is 11.3. The number of phenolic OH excluding ortho intramolecular Hbond substituents is 3. The number of aliphatic hydroxyl groups excluding tert-OH is 1. The second-order valence-electron chi connectivity index (χ2n) is 3.95. The van der Waals surface area contributed by atoms with Crippen molar-refractivity contribution in [2.24, 2.45) is 0 Å². The Morgan fingerprint density at radius 1 is 0.905 bits per heavy atom. The number of hydrogen-bond donors (Lipinski definition) is 4. The third kappa shape index (κ3) is 5.86. The molecule has 0 radical (unpaired) electrons. The van der Waals surface area contributed by atoms with Crippen LogP contribution in [0.25, 0.3) is 0 Å². The molecule has 0 spiro atoms. The lowest BCUT2D eigenvalue weighted by Gasteiger charge is -2.08. The lowest BCUT2D eigenvalue weighted by molar-refractivity contribution is 0.00917. The van der Waals surface area contributed by atoms with Gasteiger partial charge in [-0.3, -0.25) is 0 Å². The van der Waals surface area contributed by atoms with Crippen molar-refractivity contribution in [3.63, 3.8) is 0 Å². The number of rotatable bonds is 9. The second kappa shape index (κ2) is 9.01. The Morgan fingerprint density at radius 2 is 1.43 bits per heavy atom. The quantitative estimate of drug-likeness (QED) is 0.285. The average Bonchev–Trinajstić information content (AvgIpc) is 2.46. The third-order valence-corrected chi connectivity index (χ3v) is 2.37. The number of benzene rings is 1. The Hall–Kier alpha value is -2.03. The molecule has 0 saturated carbocycles. The van der Waals surface area contributed by atoms with E-state index in [1.165, 1.54) is 0 Å². The summed E-state index contributed by atoms with van der Waals surface area (Å²) in [5, 5.41) is 36.1. The van der Waals surface area contributed by atoms with Gasteiger partial charge in [-0.1, -0.05) is 0 Å². The zero-order chi connectivity index (χ0) is 15.7. The third-order valence-electron chi connectivity index (χ3n) is 2.37. The van der Waals surface area contributed by atoms with Crippen LogP contribution in [0, 0.1) is 0 Å². The van der Waals surface area contributed by atoms with Crippen molar-refractivity contribution in [2.45, 2.75) is 0 Å². The summed E-state index contributed by atoms with van der Waals surface area (Å²) >= 11 is 0. The van der Waals surface area contributed by atoms with Crippen LogP contribution in [0.3, 0.4) is 0 Å². The first-order valence-corrected chi connectivity index (χ1v) is 6.24. The van der Waals surface area contributed by atoms with E-state index in [4.69, 9.17) is 24.4 Å². The molecule has 0 aliphatic carbocycles. The van der Waals surface area contributed by atoms with E-state index < -0.39 is 23.2 Å². The molecule has 21 heavy (non-hydrogen) atoms. The maximum atomic E-state index is 11.6. The van der Waals surface area contributed by atoms with E-state index in [-0.39, 0.29) is 32.0 Å². The second-order valence-corrected chi connectivity index (χ2v) is 3.95. The van der Waals surface area contributed by atoms with Gasteiger partial charge < -0.3 is 34.6 Å². The summed E-state index contributed by atoms with van der Waals surface area (Å²) in [5.74, 6) is -2.68. The first-order valence-electron chi connectivity index (χ1n) is 6.24. The van der Waals surface area contributed by atoms with Gasteiger partial charge in [0.05, 0.1) is 38.6 Å². The largest absolute Gasteiger partial charge is 0.504 e. The molecule has 1 rings (SSSR count). The Labute approximate surface area is 121 Å². The fraction of sp³-hybridized carbons (Fsp3) is 0.462. The summed E-state index contributed by atoms with van der Waals surface area (Å²) < 4.78 is 14.9. The normalized spacial score (nSPS) is 10.5. The molecule has 0 aliphatic heterocycles. The van der Waals surface area contributed by atoms with E-state index in [9.17, 15) is 15.0 Å². The SMILES string of the molecule is O=C(OCCOCCOCCO)c1cc(O)c(O)c(O)c1. The maximum Gasteiger partial charge on any atom is 0.338 e. The van der Waals surface area contributed by atoms with E-state index in [1.54, 1.807) is 0 Å². The van der Waals surface area contributed by atoms with Crippen LogP contribution >= 0.6 is 0 Å². The average molecular weight is 302 g/mol. The van der Waals surface area contributed by atoms with Crippen LogP contribution in [0.5, 0.6) is 17.2 Å². The van der Waals surface area contributed by atoms with E-state index in [2.05, 4.69) is 0 Å². The van der Waals surface area contributed by atoms with Crippen LogP contribution < -0.4 is 0 Å². The van der Waals surface area contributed by atoms with Crippen molar-refractivity contribution in [1.82, 2.24) is 0 Å². The number of hydrogen-bond acceptors (Lipinski definition) is 8. The zero-order valence-corrected chi connectivity index (χ0v) is 11.3. The molecule has 0 saturated heterocycles. The summed E-state index contributed by atoms with van der Waals surface area (Å²) in [5.41, 5.74) is -0.0888. The highest BCUT2D eigenvalue weighted by Gasteiger charge is 2.14. The molecule has 0 atom stereocenters. The van der Waals surface area contributed by atoms with Crippen molar-refractivity contribution in [1.29, 1.82) is 0 Å². The van der Waals surface area contributed by atoms with Crippen LogP contribution in [0.4, 0.5) is 0 Å². The fourth-order valence-corrected chi connectivity index (χ4v) is 1.39. The number of aromatic hydroxyl groups is 3. The maximum absolute atomic E-state index is 11.6. The Kier molecular flexibility index (Phi) is 7.30. The van der Waals surface area contributed by atoms with Gasteiger partial charge in [-0.15, -0.1) is 0 Å². The Balaban J connectivity index is 2.25. The molecule has 1 aromatic carbocycles. The highest BCUT2D eigenvalue weighted by molar-refractivity contribution is 5.91. The number of carbonyl (C=O) groups is 1. The van der Waals surface area contributed by atoms with E-state index in [0.29, 0.717) is 13.2 Å². The fourth-order valence-electron chi connectivity index (χ4n) is 1.39. The minimum Gasteiger partial charge on any atom is -0.504 e. The summed E-state index contributed by atoms with van der Waals surface area (Å²) in [7, 11) is 0. The molecule has 0 bridgehead atoms. The molecule has 1 aromatic rings. The molecule has 0 fully saturated rings. The van der Waals surface area contributed by atoms with Gasteiger partial charge in [0.1, 0.15) is 6.61 Å². The van der Waals surface area contributed by atoms with Crippen molar-refractivity contribution < 1.29 is 39.4 Å². The minimum atomic E-state index is -0.763. The first-order chi connectivity index (χ1) is 10.1. The predicted molar refractivity (Wildman–Crippen MR) is 70.4 cm³/mol. The molecule has 0 amide bonds. The van der Waals surface area contributed by atoms with E-state index >= 15 is 0 Å². The Morgan fingerprint density at radius 3 is 2.00 bits per heavy atom. The van der Waals surface area contributed by atoms with Crippen LogP contribution in [0.1, 0.15) is 10.4 Å². The van der Waals surface area contributed by atoms with Crippen molar-refractivity contribution in [2.75, 3.05) is 39.6 Å². The lowest BCUT2D eigenvalue weighted by Crippen LogP contribution is -2.13. The molecule has 8 heteroatoms. The summed E-state index contributed by atoms with van der Waals surface area (Å²) in [6, 6.07) is 1.97. The smallest absolute Gasteiger partial charge is 0.338 e. The van der Waals surface area contributed by atoms with Crippen molar-refractivity contribution in [3.05, 3.63) is 17.7 Å². The number of esters is 1. The van der Waals surface area contributed by atoms with Gasteiger partial charge in [0.15, 0.2) is 17.2 Å².